The fraction of sp³-hybridized carbons (Fsp3) is 0.222. The molecule has 0 saturated carbocycles. The van der Waals surface area contributed by atoms with Gasteiger partial charge in [0.1, 0.15) is 5.75 Å². The zero-order valence-electron chi connectivity index (χ0n) is 13.3. The van der Waals surface area contributed by atoms with E-state index in [1.54, 1.807) is 38.3 Å². The van der Waals surface area contributed by atoms with Gasteiger partial charge >= 0.3 is 5.97 Å². The number of hydrogen-bond acceptors (Lipinski definition) is 5. The van der Waals surface area contributed by atoms with E-state index in [2.05, 4.69) is 15.9 Å². The van der Waals surface area contributed by atoms with Crippen LogP contribution in [0.3, 0.4) is 0 Å². The third-order valence-corrected chi connectivity index (χ3v) is 4.74. The standard InChI is InChI=1S/C18H17BrO4S/c1-12(18(21)13-3-7-15(22-2)8-4-13)23-17(20)11-24-16-9-5-14(19)6-10-16/h3-10,12H,11H2,1-2H3/t12-/m0/s1. The van der Waals surface area contributed by atoms with Crippen LogP contribution in [0.4, 0.5) is 0 Å². The maximum absolute atomic E-state index is 12.3. The van der Waals surface area contributed by atoms with Gasteiger partial charge in [0.2, 0.25) is 5.78 Å². The quantitative estimate of drug-likeness (QED) is 0.386. The van der Waals surface area contributed by atoms with E-state index < -0.39 is 12.1 Å². The zero-order valence-corrected chi connectivity index (χ0v) is 15.7. The van der Waals surface area contributed by atoms with Crippen LogP contribution in [-0.4, -0.2) is 30.7 Å². The molecule has 0 N–H and O–H groups in total. The predicted octanol–water partition coefficient (Wildman–Crippen LogP) is 4.36. The number of methoxy groups -OCH3 is 1. The fourth-order valence-electron chi connectivity index (χ4n) is 1.95. The maximum Gasteiger partial charge on any atom is 0.316 e. The fourth-order valence-corrected chi connectivity index (χ4v) is 2.89. The van der Waals surface area contributed by atoms with Crippen LogP contribution in [0.1, 0.15) is 17.3 Å². The number of hydrogen-bond donors (Lipinski definition) is 0. The monoisotopic (exact) mass is 408 g/mol. The number of carbonyl (C=O) groups excluding carboxylic acids is 2. The highest BCUT2D eigenvalue weighted by molar-refractivity contribution is 9.10. The molecule has 0 spiro atoms. The summed E-state index contributed by atoms with van der Waals surface area (Å²) >= 11 is 4.73. The van der Waals surface area contributed by atoms with Gasteiger partial charge in [0.25, 0.3) is 0 Å². The number of Topliss-reactive ketones (excluding diaryl/α,β-unsaturated/α-hetero) is 1. The summed E-state index contributed by atoms with van der Waals surface area (Å²) in [4.78, 5) is 25.1. The highest BCUT2D eigenvalue weighted by atomic mass is 79.9. The van der Waals surface area contributed by atoms with E-state index in [4.69, 9.17) is 9.47 Å². The minimum atomic E-state index is -0.823. The largest absolute Gasteiger partial charge is 0.497 e. The summed E-state index contributed by atoms with van der Waals surface area (Å²) in [6.07, 6.45) is -0.823. The Morgan fingerprint density at radius 1 is 1.08 bits per heavy atom. The number of ketones is 1. The van der Waals surface area contributed by atoms with E-state index in [9.17, 15) is 9.59 Å². The van der Waals surface area contributed by atoms with Crippen LogP contribution in [0.25, 0.3) is 0 Å². The first-order valence-electron chi connectivity index (χ1n) is 7.25. The summed E-state index contributed by atoms with van der Waals surface area (Å²) in [5.41, 5.74) is 0.483. The highest BCUT2D eigenvalue weighted by Gasteiger charge is 2.19. The van der Waals surface area contributed by atoms with Crippen LogP contribution in [0.5, 0.6) is 5.75 Å². The molecule has 0 aliphatic heterocycles. The highest BCUT2D eigenvalue weighted by Crippen LogP contribution is 2.21. The van der Waals surface area contributed by atoms with Crippen molar-refractivity contribution in [1.29, 1.82) is 0 Å². The average molecular weight is 409 g/mol. The summed E-state index contributed by atoms with van der Waals surface area (Å²) in [6, 6.07) is 14.3. The van der Waals surface area contributed by atoms with Crippen molar-refractivity contribution < 1.29 is 19.1 Å². The number of rotatable bonds is 7. The topological polar surface area (TPSA) is 52.6 Å². The van der Waals surface area contributed by atoms with E-state index in [1.807, 2.05) is 24.3 Å². The minimum Gasteiger partial charge on any atom is -0.497 e. The second-order valence-corrected chi connectivity index (χ2v) is 6.93. The molecule has 2 aromatic carbocycles. The van der Waals surface area contributed by atoms with Crippen LogP contribution in [0, 0.1) is 0 Å². The van der Waals surface area contributed by atoms with Crippen molar-refractivity contribution in [2.45, 2.75) is 17.9 Å². The van der Waals surface area contributed by atoms with Crippen LogP contribution in [-0.2, 0) is 9.53 Å². The lowest BCUT2D eigenvalue weighted by molar-refractivity contribution is -0.143. The lowest BCUT2D eigenvalue weighted by Gasteiger charge is -2.12. The Morgan fingerprint density at radius 3 is 2.29 bits per heavy atom. The van der Waals surface area contributed by atoms with E-state index in [-0.39, 0.29) is 11.5 Å². The lowest BCUT2D eigenvalue weighted by atomic mass is 10.1. The van der Waals surface area contributed by atoms with Gasteiger partial charge in [0, 0.05) is 14.9 Å². The molecule has 4 nitrogen and oxygen atoms in total. The number of ether oxygens (including phenoxy) is 2. The van der Waals surface area contributed by atoms with Gasteiger partial charge in [-0.1, -0.05) is 15.9 Å². The Labute approximate surface area is 153 Å². The van der Waals surface area contributed by atoms with Crippen LogP contribution < -0.4 is 4.74 Å². The third kappa shape index (κ3) is 5.39. The van der Waals surface area contributed by atoms with E-state index >= 15 is 0 Å². The van der Waals surface area contributed by atoms with Gasteiger partial charge in [-0.05, 0) is 55.5 Å². The predicted molar refractivity (Wildman–Crippen MR) is 97.7 cm³/mol. The molecule has 0 heterocycles. The van der Waals surface area contributed by atoms with Gasteiger partial charge in [0.15, 0.2) is 6.10 Å². The molecule has 24 heavy (non-hydrogen) atoms. The summed E-state index contributed by atoms with van der Waals surface area (Å²) < 4.78 is 11.3. The Hall–Kier alpha value is -1.79. The Balaban J connectivity index is 1.85. The van der Waals surface area contributed by atoms with E-state index in [1.165, 1.54) is 11.8 Å². The molecule has 0 aromatic heterocycles. The van der Waals surface area contributed by atoms with Crippen LogP contribution >= 0.6 is 27.7 Å². The number of carbonyl (C=O) groups is 2. The molecule has 0 aliphatic carbocycles. The molecule has 126 valence electrons. The molecule has 0 amide bonds. The third-order valence-electron chi connectivity index (χ3n) is 3.22. The Bertz CT molecular complexity index is 698. The van der Waals surface area contributed by atoms with Crippen molar-refractivity contribution in [3.8, 4) is 5.75 Å². The number of benzene rings is 2. The summed E-state index contributed by atoms with van der Waals surface area (Å²) in [5, 5.41) is 0. The maximum atomic E-state index is 12.3. The number of thioether (sulfide) groups is 1. The van der Waals surface area contributed by atoms with Crippen molar-refractivity contribution in [2.75, 3.05) is 12.9 Å². The molecule has 6 heteroatoms. The molecule has 0 aliphatic rings. The second kappa shape index (κ2) is 8.89. The van der Waals surface area contributed by atoms with Gasteiger partial charge in [-0.25, -0.2) is 0 Å². The summed E-state index contributed by atoms with van der Waals surface area (Å²) in [6.45, 7) is 1.58. The van der Waals surface area contributed by atoms with Crippen molar-refractivity contribution in [1.82, 2.24) is 0 Å². The van der Waals surface area contributed by atoms with Crippen LogP contribution in [0.15, 0.2) is 57.9 Å². The number of esters is 1. The molecule has 0 bridgehead atoms. The second-order valence-electron chi connectivity index (χ2n) is 4.97. The molecule has 1 atom stereocenters. The van der Waals surface area contributed by atoms with Gasteiger partial charge in [-0.2, -0.15) is 0 Å². The first-order chi connectivity index (χ1) is 11.5. The molecule has 2 rings (SSSR count). The molecule has 0 fully saturated rings. The van der Waals surface area contributed by atoms with E-state index in [0.717, 1.165) is 9.37 Å². The van der Waals surface area contributed by atoms with E-state index in [0.29, 0.717) is 11.3 Å². The lowest BCUT2D eigenvalue weighted by Crippen LogP contribution is -2.25. The van der Waals surface area contributed by atoms with Crippen molar-refractivity contribution >= 4 is 39.4 Å². The van der Waals surface area contributed by atoms with Gasteiger partial charge in [-0.3, -0.25) is 9.59 Å². The van der Waals surface area contributed by atoms with Gasteiger partial charge in [0.05, 0.1) is 12.9 Å². The van der Waals surface area contributed by atoms with Crippen molar-refractivity contribution in [3.63, 3.8) is 0 Å². The Morgan fingerprint density at radius 2 is 1.71 bits per heavy atom. The van der Waals surface area contributed by atoms with Gasteiger partial charge < -0.3 is 9.47 Å². The first-order valence-corrected chi connectivity index (χ1v) is 9.03. The average Bonchev–Trinajstić information content (AvgIpc) is 2.60. The van der Waals surface area contributed by atoms with Crippen LogP contribution in [0.2, 0.25) is 0 Å². The van der Waals surface area contributed by atoms with Crippen molar-refractivity contribution in [3.05, 3.63) is 58.6 Å². The molecule has 0 radical (unpaired) electrons. The minimum absolute atomic E-state index is 0.155. The summed E-state index contributed by atoms with van der Waals surface area (Å²) in [5.74, 6) is 0.168. The zero-order chi connectivity index (χ0) is 17.5. The molecule has 2 aromatic rings. The Kier molecular flexibility index (Phi) is 6.87. The SMILES string of the molecule is COc1ccc(C(=O)[C@H](C)OC(=O)CSc2ccc(Br)cc2)cc1. The first kappa shape index (κ1) is 18.5. The summed E-state index contributed by atoms with van der Waals surface area (Å²) in [7, 11) is 1.56. The smallest absolute Gasteiger partial charge is 0.316 e. The normalized spacial score (nSPS) is 11.6. The van der Waals surface area contributed by atoms with Crippen molar-refractivity contribution in [2.24, 2.45) is 0 Å². The van der Waals surface area contributed by atoms with Gasteiger partial charge in [-0.15, -0.1) is 11.8 Å². The molecular weight excluding hydrogens is 392 g/mol. The molecule has 0 unspecified atom stereocenters. The molecular formula is C18H17BrO4S. The number of halogens is 1. The molecule has 0 saturated heterocycles.